The Balaban J connectivity index is 1.91. The second-order valence-corrected chi connectivity index (χ2v) is 5.44. The lowest BCUT2D eigenvalue weighted by molar-refractivity contribution is -0.113. The molecule has 3 rings (SSSR count). The van der Waals surface area contributed by atoms with Crippen LogP contribution in [0, 0.1) is 6.92 Å². The molecule has 0 atom stereocenters. The molecule has 1 amide bonds. The van der Waals surface area contributed by atoms with Gasteiger partial charge in [0.2, 0.25) is 0 Å². The average Bonchev–Trinajstić information content (AvgIpc) is 2.63. The topological polar surface area (TPSA) is 33.2 Å². The van der Waals surface area contributed by atoms with Gasteiger partial charge in [0.05, 0.1) is 5.69 Å². The van der Waals surface area contributed by atoms with Gasteiger partial charge >= 0.3 is 0 Å². The maximum atomic E-state index is 12.8. The quantitative estimate of drug-likeness (QED) is 0.650. The standard InChI is InChI=1S/C21H18N2O/c1-17-10-12-18(13-11-17)14-15-21(24)23(19-7-3-2-4-8-19)20-9-5-6-16-22-20/h2-16H,1H3/b15-14+. The highest BCUT2D eigenvalue weighted by Gasteiger charge is 2.16. The van der Waals surface area contributed by atoms with Crippen LogP contribution in [-0.2, 0) is 4.79 Å². The zero-order valence-corrected chi connectivity index (χ0v) is 13.5. The number of aromatic nitrogens is 1. The van der Waals surface area contributed by atoms with Gasteiger partial charge in [-0.05, 0) is 42.8 Å². The Bertz CT molecular complexity index is 785. The van der Waals surface area contributed by atoms with E-state index in [1.807, 2.05) is 85.8 Å². The maximum Gasteiger partial charge on any atom is 0.256 e. The summed E-state index contributed by atoms with van der Waals surface area (Å²) in [6.45, 7) is 2.04. The molecule has 0 saturated heterocycles. The highest BCUT2D eigenvalue weighted by molar-refractivity contribution is 6.08. The van der Waals surface area contributed by atoms with Gasteiger partial charge in [-0.3, -0.25) is 9.69 Å². The molecule has 3 nitrogen and oxygen atoms in total. The number of amides is 1. The molecule has 0 bridgehead atoms. The first-order valence-electron chi connectivity index (χ1n) is 7.79. The van der Waals surface area contributed by atoms with Gasteiger partial charge in [-0.2, -0.15) is 0 Å². The van der Waals surface area contributed by atoms with Crippen LogP contribution in [0.3, 0.4) is 0 Å². The summed E-state index contributed by atoms with van der Waals surface area (Å²) < 4.78 is 0. The molecule has 0 aliphatic rings. The van der Waals surface area contributed by atoms with Crippen molar-refractivity contribution in [2.45, 2.75) is 6.92 Å². The minimum atomic E-state index is -0.138. The first-order chi connectivity index (χ1) is 11.7. The molecule has 0 saturated carbocycles. The molecule has 0 spiro atoms. The summed E-state index contributed by atoms with van der Waals surface area (Å²) >= 11 is 0. The molecule has 0 aliphatic heterocycles. The molecule has 1 aromatic heterocycles. The number of nitrogens with zero attached hydrogens (tertiary/aromatic N) is 2. The third kappa shape index (κ3) is 3.76. The number of benzene rings is 2. The van der Waals surface area contributed by atoms with Crippen molar-refractivity contribution in [2.75, 3.05) is 4.90 Å². The zero-order valence-electron chi connectivity index (χ0n) is 13.5. The number of para-hydroxylation sites is 1. The predicted molar refractivity (Wildman–Crippen MR) is 98.0 cm³/mol. The molecule has 3 aromatic rings. The number of pyridine rings is 1. The van der Waals surface area contributed by atoms with Gasteiger partial charge in [0.25, 0.3) is 5.91 Å². The zero-order chi connectivity index (χ0) is 16.8. The van der Waals surface area contributed by atoms with E-state index >= 15 is 0 Å². The molecule has 2 aromatic carbocycles. The Morgan fingerprint density at radius 2 is 1.62 bits per heavy atom. The molecule has 24 heavy (non-hydrogen) atoms. The van der Waals surface area contributed by atoms with Crippen molar-refractivity contribution in [3.63, 3.8) is 0 Å². The summed E-state index contributed by atoms with van der Waals surface area (Å²) in [7, 11) is 0. The van der Waals surface area contributed by atoms with Crippen LogP contribution in [0.1, 0.15) is 11.1 Å². The third-order valence-electron chi connectivity index (χ3n) is 3.61. The average molecular weight is 314 g/mol. The van der Waals surface area contributed by atoms with Crippen molar-refractivity contribution >= 4 is 23.5 Å². The van der Waals surface area contributed by atoms with Crippen LogP contribution in [0.5, 0.6) is 0 Å². The fourth-order valence-electron chi connectivity index (χ4n) is 2.36. The van der Waals surface area contributed by atoms with Crippen LogP contribution in [0.2, 0.25) is 0 Å². The van der Waals surface area contributed by atoms with Crippen molar-refractivity contribution in [1.29, 1.82) is 0 Å². The molecule has 0 unspecified atom stereocenters. The van der Waals surface area contributed by atoms with Crippen molar-refractivity contribution < 1.29 is 4.79 Å². The van der Waals surface area contributed by atoms with E-state index in [0.29, 0.717) is 5.82 Å². The van der Waals surface area contributed by atoms with Crippen LogP contribution in [0.15, 0.2) is 85.1 Å². The molecule has 1 heterocycles. The molecule has 0 fully saturated rings. The first kappa shape index (κ1) is 15.7. The smallest absolute Gasteiger partial charge is 0.256 e. The second-order valence-electron chi connectivity index (χ2n) is 5.44. The Labute approximate surface area is 141 Å². The maximum absolute atomic E-state index is 12.8. The second kappa shape index (κ2) is 7.38. The highest BCUT2D eigenvalue weighted by Crippen LogP contribution is 2.23. The van der Waals surface area contributed by atoms with Gasteiger partial charge in [0.1, 0.15) is 5.82 Å². The van der Waals surface area contributed by atoms with Crippen molar-refractivity contribution in [3.8, 4) is 0 Å². The van der Waals surface area contributed by atoms with Gasteiger partial charge in [0.15, 0.2) is 0 Å². The van der Waals surface area contributed by atoms with Crippen molar-refractivity contribution in [2.24, 2.45) is 0 Å². The lowest BCUT2D eigenvalue weighted by Gasteiger charge is -2.20. The Hall–Kier alpha value is -3.20. The Kier molecular flexibility index (Phi) is 4.82. The summed E-state index contributed by atoms with van der Waals surface area (Å²) in [5.41, 5.74) is 2.97. The molecule has 0 N–H and O–H groups in total. The van der Waals surface area contributed by atoms with Crippen LogP contribution in [0.25, 0.3) is 6.08 Å². The monoisotopic (exact) mass is 314 g/mol. The number of hydrogen-bond acceptors (Lipinski definition) is 2. The normalized spacial score (nSPS) is 10.7. The summed E-state index contributed by atoms with van der Waals surface area (Å²) in [5, 5.41) is 0. The van der Waals surface area contributed by atoms with Gasteiger partial charge in [-0.1, -0.05) is 54.1 Å². The van der Waals surface area contributed by atoms with Crippen LogP contribution < -0.4 is 4.90 Å². The lowest BCUT2D eigenvalue weighted by Crippen LogP contribution is -2.24. The van der Waals surface area contributed by atoms with E-state index < -0.39 is 0 Å². The van der Waals surface area contributed by atoms with Gasteiger partial charge < -0.3 is 0 Å². The number of aryl methyl sites for hydroxylation is 1. The molecule has 0 aliphatic carbocycles. The van der Waals surface area contributed by atoms with Crippen LogP contribution >= 0.6 is 0 Å². The van der Waals surface area contributed by atoms with Crippen molar-refractivity contribution in [1.82, 2.24) is 4.98 Å². The van der Waals surface area contributed by atoms with E-state index in [9.17, 15) is 4.79 Å². The molecular weight excluding hydrogens is 296 g/mol. The number of carbonyl (C=O) groups excluding carboxylic acids is 1. The molecular formula is C21H18N2O. The largest absolute Gasteiger partial charge is 0.269 e. The minimum absolute atomic E-state index is 0.138. The number of anilines is 2. The van der Waals surface area contributed by atoms with E-state index in [-0.39, 0.29) is 5.91 Å². The molecule has 0 radical (unpaired) electrons. The molecule has 3 heteroatoms. The summed E-state index contributed by atoms with van der Waals surface area (Å²) in [6.07, 6.45) is 5.08. The summed E-state index contributed by atoms with van der Waals surface area (Å²) in [5.74, 6) is 0.461. The Morgan fingerprint density at radius 3 is 2.29 bits per heavy atom. The van der Waals surface area contributed by atoms with E-state index in [1.165, 1.54) is 5.56 Å². The van der Waals surface area contributed by atoms with Gasteiger partial charge in [-0.25, -0.2) is 4.98 Å². The predicted octanol–water partition coefficient (Wildman–Crippen LogP) is 4.77. The lowest BCUT2D eigenvalue weighted by atomic mass is 10.1. The number of hydrogen-bond donors (Lipinski definition) is 0. The first-order valence-corrected chi connectivity index (χ1v) is 7.79. The highest BCUT2D eigenvalue weighted by atomic mass is 16.2. The summed E-state index contributed by atoms with van der Waals surface area (Å²) in [6, 6.07) is 23.1. The SMILES string of the molecule is Cc1ccc(/C=C/C(=O)N(c2ccccc2)c2ccccn2)cc1. The number of carbonyl (C=O) groups is 1. The van der Waals surface area contributed by atoms with E-state index in [4.69, 9.17) is 0 Å². The van der Waals surface area contributed by atoms with Crippen LogP contribution in [0.4, 0.5) is 11.5 Å². The van der Waals surface area contributed by atoms with E-state index in [0.717, 1.165) is 11.3 Å². The van der Waals surface area contributed by atoms with Gasteiger partial charge in [-0.15, -0.1) is 0 Å². The third-order valence-corrected chi connectivity index (χ3v) is 3.61. The molecule has 118 valence electrons. The fraction of sp³-hybridized carbons (Fsp3) is 0.0476. The van der Waals surface area contributed by atoms with Crippen LogP contribution in [-0.4, -0.2) is 10.9 Å². The van der Waals surface area contributed by atoms with E-state index in [1.54, 1.807) is 17.2 Å². The fourth-order valence-corrected chi connectivity index (χ4v) is 2.36. The minimum Gasteiger partial charge on any atom is -0.269 e. The summed E-state index contributed by atoms with van der Waals surface area (Å²) in [4.78, 5) is 18.7. The number of rotatable bonds is 4. The van der Waals surface area contributed by atoms with Crippen molar-refractivity contribution in [3.05, 3.63) is 96.2 Å². The van der Waals surface area contributed by atoms with E-state index in [2.05, 4.69) is 4.98 Å². The van der Waals surface area contributed by atoms with Gasteiger partial charge in [0, 0.05) is 12.3 Å². The Morgan fingerprint density at radius 1 is 0.917 bits per heavy atom.